The van der Waals surface area contributed by atoms with Crippen LogP contribution in [0, 0.1) is 5.92 Å². The van der Waals surface area contributed by atoms with Crippen molar-refractivity contribution < 1.29 is 6.22 Å². The number of carbonyl (C=O) groups excluding carboxylic acids is 1. The van der Waals surface area contributed by atoms with Crippen LogP contribution in [0.2, 0.25) is 0 Å². The topological polar surface area (TPSA) is 29.1 Å². The number of hydrogen-bond acceptors (Lipinski definition) is 2. The predicted molar refractivity (Wildman–Crippen MR) is 69.0 cm³/mol. The summed E-state index contributed by atoms with van der Waals surface area (Å²) in [5, 5.41) is 4.12. The summed E-state index contributed by atoms with van der Waals surface area (Å²) in [7, 11) is 0. The van der Waals surface area contributed by atoms with E-state index < -0.39 is 0 Å². The fraction of sp³-hybridized carbons (Fsp3) is 0.615. The minimum Gasteiger partial charge on any atom is -0.318 e. The van der Waals surface area contributed by atoms with Gasteiger partial charge in [-0.25, -0.2) is 0 Å². The van der Waals surface area contributed by atoms with E-state index in [4.69, 9.17) is 0 Å². The van der Waals surface area contributed by atoms with Crippen LogP contribution in [0.15, 0.2) is 6.07 Å². The molecule has 1 saturated carbocycles. The van der Waals surface area contributed by atoms with Gasteiger partial charge in [0, 0.05) is 12.7 Å². The van der Waals surface area contributed by atoms with Gasteiger partial charge in [0.1, 0.15) is 0 Å². The molecular weight excluding hydrogens is 218 g/mol. The fourth-order valence-corrected chi connectivity index (χ4v) is 3.49. The average molecular weight is 237 g/mol. The number of rotatable bonds is 3. The highest BCUT2D eigenvalue weighted by molar-refractivity contribution is 7.16. The van der Waals surface area contributed by atoms with Gasteiger partial charge in [0.2, 0.25) is 5.91 Å². The number of carbonyl (C=O) groups is 1. The van der Waals surface area contributed by atoms with Crippen LogP contribution in [0.5, 0.6) is 0 Å². The van der Waals surface area contributed by atoms with Crippen LogP contribution in [0.4, 0.5) is 5.00 Å². The molecule has 3 rings (SSSR count). The Balaban J connectivity index is 0.00000108. The third kappa shape index (κ3) is 2.29. The summed E-state index contributed by atoms with van der Waals surface area (Å²) in [6.07, 6.45) is 8.23. The minimum absolute atomic E-state index is 0. The van der Waals surface area contributed by atoms with E-state index in [0.717, 1.165) is 11.4 Å². The zero-order valence-corrected chi connectivity index (χ0v) is 10.2. The van der Waals surface area contributed by atoms with Crippen molar-refractivity contribution >= 4 is 22.2 Å². The molecule has 2 nitrogen and oxygen atoms in total. The van der Waals surface area contributed by atoms with Crippen LogP contribution in [0.1, 0.15) is 44.0 Å². The molecule has 0 aromatic carbocycles. The van der Waals surface area contributed by atoms with Gasteiger partial charge in [0.05, 0.1) is 5.00 Å². The Kier molecular flexibility index (Phi) is 2.72. The maximum atomic E-state index is 11.7. The monoisotopic (exact) mass is 237 g/mol. The molecule has 0 saturated heterocycles. The maximum Gasteiger partial charge on any atom is 0.225 e. The molecule has 2 aliphatic rings. The van der Waals surface area contributed by atoms with E-state index in [2.05, 4.69) is 11.4 Å². The van der Waals surface area contributed by atoms with Gasteiger partial charge in [-0.1, -0.05) is 0 Å². The van der Waals surface area contributed by atoms with E-state index >= 15 is 0 Å². The van der Waals surface area contributed by atoms with Gasteiger partial charge in [-0.3, -0.25) is 4.79 Å². The first kappa shape index (κ1) is 10.3. The van der Waals surface area contributed by atoms with Crippen molar-refractivity contribution in [2.45, 2.75) is 44.9 Å². The Morgan fingerprint density at radius 1 is 1.44 bits per heavy atom. The second kappa shape index (κ2) is 4.21. The summed E-state index contributed by atoms with van der Waals surface area (Å²) in [5.74, 6) is 0.885. The molecule has 0 unspecified atom stereocenters. The Morgan fingerprint density at radius 2 is 2.25 bits per heavy atom. The molecule has 1 amide bonds. The Morgan fingerprint density at radius 3 is 3.00 bits per heavy atom. The maximum absolute atomic E-state index is 11.7. The van der Waals surface area contributed by atoms with Gasteiger partial charge >= 0.3 is 0 Å². The summed E-state index contributed by atoms with van der Waals surface area (Å²) in [4.78, 5) is 13.2. The predicted octanol–water partition coefficient (Wildman–Crippen LogP) is 3.61. The van der Waals surface area contributed by atoms with Gasteiger partial charge < -0.3 is 5.32 Å². The van der Waals surface area contributed by atoms with Crippen LogP contribution < -0.4 is 5.32 Å². The van der Waals surface area contributed by atoms with Gasteiger partial charge in [-0.15, -0.1) is 11.3 Å². The summed E-state index contributed by atoms with van der Waals surface area (Å²) in [6, 6.07) is 2.18. The van der Waals surface area contributed by atoms with E-state index in [9.17, 15) is 4.79 Å². The van der Waals surface area contributed by atoms with E-state index in [1.165, 1.54) is 49.0 Å². The molecule has 1 heterocycles. The number of anilines is 1. The van der Waals surface area contributed by atoms with Crippen molar-refractivity contribution in [2.75, 3.05) is 5.32 Å². The fourth-order valence-electron chi connectivity index (χ4n) is 2.32. The van der Waals surface area contributed by atoms with E-state index in [1.807, 2.05) is 0 Å². The third-order valence-electron chi connectivity index (χ3n) is 3.43. The Labute approximate surface area is 102 Å². The van der Waals surface area contributed by atoms with Gasteiger partial charge in [0.15, 0.2) is 0 Å². The molecule has 2 aliphatic carbocycles. The molecule has 0 bridgehead atoms. The van der Waals surface area contributed by atoms with Crippen molar-refractivity contribution in [1.82, 2.24) is 0 Å². The molecule has 0 atom stereocenters. The molecule has 3 heteroatoms. The van der Waals surface area contributed by atoms with Crippen molar-refractivity contribution in [1.29, 1.82) is 0 Å². The molecule has 0 aliphatic heterocycles. The normalized spacial score (nSPS) is 19.2. The molecule has 0 radical (unpaired) electrons. The standard InChI is InChI=1S/C13H17NOS.H2/c15-12(7-9-5-6-9)14-13-8-10-3-1-2-4-11(10)16-13;/h8-9H,1-7H2,(H,14,15);1H. The smallest absolute Gasteiger partial charge is 0.225 e. The second-order valence-electron chi connectivity index (χ2n) is 4.96. The lowest BCUT2D eigenvalue weighted by molar-refractivity contribution is -0.116. The average Bonchev–Trinajstić information content (AvgIpc) is 2.97. The van der Waals surface area contributed by atoms with Crippen LogP contribution >= 0.6 is 11.3 Å². The first-order chi connectivity index (χ1) is 7.81. The third-order valence-corrected chi connectivity index (χ3v) is 4.58. The summed E-state index contributed by atoms with van der Waals surface area (Å²) in [6.45, 7) is 0. The minimum atomic E-state index is 0. The molecule has 0 spiro atoms. The number of hydrogen-bond donors (Lipinski definition) is 1. The Hall–Kier alpha value is -0.830. The van der Waals surface area contributed by atoms with Gasteiger partial charge in [-0.2, -0.15) is 0 Å². The zero-order chi connectivity index (χ0) is 11.0. The van der Waals surface area contributed by atoms with Crippen LogP contribution in [-0.4, -0.2) is 5.91 Å². The molecule has 88 valence electrons. The highest BCUT2D eigenvalue weighted by Gasteiger charge is 2.24. The van der Waals surface area contributed by atoms with Crippen molar-refractivity contribution in [2.24, 2.45) is 5.92 Å². The lowest BCUT2D eigenvalue weighted by Gasteiger charge is -2.08. The quantitative estimate of drug-likeness (QED) is 0.855. The molecule has 1 aromatic heterocycles. The number of thiophene rings is 1. The van der Waals surface area contributed by atoms with Crippen molar-refractivity contribution in [3.05, 3.63) is 16.5 Å². The number of amides is 1. The van der Waals surface area contributed by atoms with Crippen LogP contribution in [0.3, 0.4) is 0 Å². The molecule has 1 fully saturated rings. The largest absolute Gasteiger partial charge is 0.318 e. The van der Waals surface area contributed by atoms with Gasteiger partial charge in [-0.05, 0) is 56.1 Å². The highest BCUT2D eigenvalue weighted by atomic mass is 32.1. The summed E-state index contributed by atoms with van der Waals surface area (Å²) in [5.41, 5.74) is 1.47. The summed E-state index contributed by atoms with van der Waals surface area (Å²) >= 11 is 1.78. The lowest BCUT2D eigenvalue weighted by atomic mass is 10.00. The molecule has 16 heavy (non-hydrogen) atoms. The SMILES string of the molecule is O=C(CC1CC1)Nc1cc2c(s1)CCCC2.[HH]. The Bertz CT molecular complexity index is 388. The van der Waals surface area contributed by atoms with E-state index in [1.54, 1.807) is 11.3 Å². The van der Waals surface area contributed by atoms with Gasteiger partial charge in [0.25, 0.3) is 0 Å². The van der Waals surface area contributed by atoms with E-state index in [-0.39, 0.29) is 7.33 Å². The van der Waals surface area contributed by atoms with Crippen LogP contribution in [-0.2, 0) is 17.6 Å². The van der Waals surface area contributed by atoms with Crippen molar-refractivity contribution in [3.63, 3.8) is 0 Å². The first-order valence-electron chi connectivity index (χ1n) is 6.23. The lowest BCUT2D eigenvalue weighted by Crippen LogP contribution is -2.10. The van der Waals surface area contributed by atoms with Crippen molar-refractivity contribution in [3.8, 4) is 0 Å². The number of nitrogens with one attached hydrogen (secondary N) is 1. The highest BCUT2D eigenvalue weighted by Crippen LogP contribution is 2.35. The second-order valence-corrected chi connectivity index (χ2v) is 6.10. The number of fused-ring (bicyclic) bond motifs is 1. The zero-order valence-electron chi connectivity index (χ0n) is 9.42. The molecular formula is C13H19NOS. The number of aryl methyl sites for hydroxylation is 2. The summed E-state index contributed by atoms with van der Waals surface area (Å²) < 4.78 is 0. The molecule has 1 N–H and O–H groups in total. The first-order valence-corrected chi connectivity index (χ1v) is 7.04. The van der Waals surface area contributed by atoms with E-state index in [0.29, 0.717) is 5.92 Å². The molecule has 1 aromatic rings. The van der Waals surface area contributed by atoms with Crippen LogP contribution in [0.25, 0.3) is 0 Å².